The van der Waals surface area contributed by atoms with Gasteiger partial charge in [-0.05, 0) is 5.56 Å². The fourth-order valence-corrected chi connectivity index (χ4v) is 4.05. The normalized spacial score (nSPS) is 20.0. The molecule has 1 aliphatic carbocycles. The number of nitrogens with one attached hydrogen (secondary N) is 1. The van der Waals surface area contributed by atoms with Gasteiger partial charge in [0.15, 0.2) is 5.78 Å². The Hall–Kier alpha value is -4.07. The SMILES string of the molecule is O=C1OCC2=C1C(c1cccc([N+](=O)[O-])c1)C1=C(N2)C(=O)c2ccccc2C1=O. The Kier molecular flexibility index (Phi) is 3.51. The second-order valence-electron chi connectivity index (χ2n) is 6.87. The van der Waals surface area contributed by atoms with E-state index in [4.69, 9.17) is 4.74 Å². The van der Waals surface area contributed by atoms with E-state index in [1.165, 1.54) is 18.2 Å². The lowest BCUT2D eigenvalue weighted by Crippen LogP contribution is -2.37. The van der Waals surface area contributed by atoms with Crippen molar-refractivity contribution in [1.82, 2.24) is 5.32 Å². The van der Waals surface area contributed by atoms with Crippen molar-refractivity contribution in [3.63, 3.8) is 0 Å². The van der Waals surface area contributed by atoms with Crippen LogP contribution in [-0.2, 0) is 9.53 Å². The summed E-state index contributed by atoms with van der Waals surface area (Å²) >= 11 is 0. The van der Waals surface area contributed by atoms with Crippen molar-refractivity contribution in [2.45, 2.75) is 5.92 Å². The molecule has 1 unspecified atom stereocenters. The Labute approximate surface area is 163 Å². The van der Waals surface area contributed by atoms with E-state index in [2.05, 4.69) is 5.32 Å². The van der Waals surface area contributed by atoms with Gasteiger partial charge in [-0.1, -0.05) is 36.4 Å². The van der Waals surface area contributed by atoms with Gasteiger partial charge in [0, 0.05) is 34.8 Å². The number of dihydropyridines is 1. The van der Waals surface area contributed by atoms with Crippen LogP contribution in [0.25, 0.3) is 0 Å². The number of esters is 1. The van der Waals surface area contributed by atoms with E-state index in [0.29, 0.717) is 11.3 Å². The molecule has 29 heavy (non-hydrogen) atoms. The fraction of sp³-hybridized carbons (Fsp3) is 0.0952. The Balaban J connectivity index is 1.76. The molecule has 1 N–H and O–H groups in total. The fourth-order valence-electron chi connectivity index (χ4n) is 4.05. The molecular weight excluding hydrogens is 376 g/mol. The first kappa shape index (κ1) is 17.1. The van der Waals surface area contributed by atoms with E-state index in [1.54, 1.807) is 30.3 Å². The predicted molar refractivity (Wildman–Crippen MR) is 99.1 cm³/mol. The first-order valence-corrected chi connectivity index (χ1v) is 8.81. The van der Waals surface area contributed by atoms with E-state index >= 15 is 0 Å². The summed E-state index contributed by atoms with van der Waals surface area (Å²) in [5, 5.41) is 14.2. The molecule has 5 rings (SSSR count). The highest BCUT2D eigenvalue weighted by Crippen LogP contribution is 2.45. The molecule has 0 amide bonds. The molecule has 8 nitrogen and oxygen atoms in total. The van der Waals surface area contributed by atoms with Crippen LogP contribution in [0.2, 0.25) is 0 Å². The van der Waals surface area contributed by atoms with E-state index in [-0.39, 0.29) is 46.0 Å². The number of nitrogens with zero attached hydrogens (tertiary/aromatic N) is 1. The number of carbonyl (C=O) groups excluding carboxylic acids is 3. The van der Waals surface area contributed by atoms with Gasteiger partial charge in [0.1, 0.15) is 6.61 Å². The first-order chi connectivity index (χ1) is 14.0. The van der Waals surface area contributed by atoms with Crippen molar-refractivity contribution < 1.29 is 24.0 Å². The van der Waals surface area contributed by atoms with Gasteiger partial charge in [-0.3, -0.25) is 19.7 Å². The number of nitro groups is 1. The molecule has 3 aliphatic rings. The molecule has 142 valence electrons. The summed E-state index contributed by atoms with van der Waals surface area (Å²) in [6, 6.07) is 12.2. The minimum absolute atomic E-state index is 0.0561. The molecule has 0 spiro atoms. The summed E-state index contributed by atoms with van der Waals surface area (Å²) in [5.41, 5.74) is 1.50. The molecule has 2 heterocycles. The number of fused-ring (bicyclic) bond motifs is 1. The topological polar surface area (TPSA) is 116 Å². The van der Waals surface area contributed by atoms with Crippen LogP contribution in [0.4, 0.5) is 5.69 Å². The average molecular weight is 388 g/mol. The smallest absolute Gasteiger partial charge is 0.337 e. The number of carbonyl (C=O) groups is 3. The second kappa shape index (κ2) is 5.96. The number of hydrogen-bond acceptors (Lipinski definition) is 7. The summed E-state index contributed by atoms with van der Waals surface area (Å²) in [5.74, 6) is -2.31. The van der Waals surface area contributed by atoms with Crippen molar-refractivity contribution in [1.29, 1.82) is 0 Å². The maximum absolute atomic E-state index is 13.3. The summed E-state index contributed by atoms with van der Waals surface area (Å²) < 4.78 is 5.12. The molecular formula is C21H12N2O6. The number of rotatable bonds is 2. The zero-order chi connectivity index (χ0) is 20.3. The lowest BCUT2D eigenvalue weighted by Gasteiger charge is -2.31. The van der Waals surface area contributed by atoms with Crippen LogP contribution in [0.5, 0.6) is 0 Å². The van der Waals surface area contributed by atoms with Gasteiger partial charge >= 0.3 is 5.97 Å². The van der Waals surface area contributed by atoms with Gasteiger partial charge < -0.3 is 10.1 Å². The molecule has 0 saturated carbocycles. The van der Waals surface area contributed by atoms with Crippen LogP contribution in [0.3, 0.4) is 0 Å². The van der Waals surface area contributed by atoms with Crippen molar-refractivity contribution >= 4 is 23.2 Å². The lowest BCUT2D eigenvalue weighted by atomic mass is 9.73. The number of ketones is 2. The van der Waals surface area contributed by atoms with E-state index in [9.17, 15) is 24.5 Å². The van der Waals surface area contributed by atoms with Gasteiger partial charge in [-0.15, -0.1) is 0 Å². The van der Waals surface area contributed by atoms with Crippen LogP contribution < -0.4 is 5.32 Å². The van der Waals surface area contributed by atoms with Crippen LogP contribution in [0, 0.1) is 10.1 Å². The van der Waals surface area contributed by atoms with E-state index in [0.717, 1.165) is 0 Å². The monoisotopic (exact) mass is 388 g/mol. The number of allylic oxidation sites excluding steroid dienone is 2. The highest BCUT2D eigenvalue weighted by molar-refractivity contribution is 6.28. The summed E-state index contributed by atoms with van der Waals surface area (Å²) in [6.07, 6.45) is 0. The Morgan fingerprint density at radius 2 is 1.69 bits per heavy atom. The molecule has 0 aromatic heterocycles. The Morgan fingerprint density at radius 3 is 2.41 bits per heavy atom. The third-order valence-corrected chi connectivity index (χ3v) is 5.32. The zero-order valence-corrected chi connectivity index (χ0v) is 14.8. The number of ether oxygens (including phenoxy) is 1. The molecule has 2 aromatic rings. The zero-order valence-electron chi connectivity index (χ0n) is 14.8. The number of hydrogen-bond donors (Lipinski definition) is 1. The molecule has 8 heteroatoms. The van der Waals surface area contributed by atoms with E-state index in [1.807, 2.05) is 0 Å². The Morgan fingerprint density at radius 1 is 0.966 bits per heavy atom. The van der Waals surface area contributed by atoms with Crippen LogP contribution in [-0.4, -0.2) is 29.1 Å². The molecule has 0 radical (unpaired) electrons. The van der Waals surface area contributed by atoms with Crippen molar-refractivity contribution in [3.05, 3.63) is 97.9 Å². The van der Waals surface area contributed by atoms with Gasteiger partial charge in [-0.2, -0.15) is 0 Å². The van der Waals surface area contributed by atoms with Gasteiger partial charge in [0.05, 0.1) is 21.9 Å². The third kappa shape index (κ3) is 2.35. The highest BCUT2D eigenvalue weighted by Gasteiger charge is 2.46. The molecule has 2 aromatic carbocycles. The van der Waals surface area contributed by atoms with Crippen LogP contribution in [0.1, 0.15) is 32.2 Å². The minimum Gasteiger partial charge on any atom is -0.456 e. The number of Topliss-reactive ketones (excluding diaryl/α,β-unsaturated/α-hetero) is 2. The van der Waals surface area contributed by atoms with Gasteiger partial charge in [0.25, 0.3) is 5.69 Å². The third-order valence-electron chi connectivity index (χ3n) is 5.32. The predicted octanol–water partition coefficient (Wildman–Crippen LogP) is 2.43. The van der Waals surface area contributed by atoms with Crippen molar-refractivity contribution in [3.8, 4) is 0 Å². The molecule has 2 aliphatic heterocycles. The van der Waals surface area contributed by atoms with Crippen molar-refractivity contribution in [2.24, 2.45) is 0 Å². The average Bonchev–Trinajstić information content (AvgIpc) is 3.11. The van der Waals surface area contributed by atoms with Gasteiger partial charge in [-0.25, -0.2) is 4.79 Å². The second-order valence-corrected chi connectivity index (χ2v) is 6.87. The largest absolute Gasteiger partial charge is 0.456 e. The molecule has 0 bridgehead atoms. The first-order valence-electron chi connectivity index (χ1n) is 8.81. The summed E-state index contributed by atoms with van der Waals surface area (Å²) in [7, 11) is 0. The number of cyclic esters (lactones) is 1. The maximum atomic E-state index is 13.3. The van der Waals surface area contributed by atoms with Crippen LogP contribution >= 0.6 is 0 Å². The maximum Gasteiger partial charge on any atom is 0.337 e. The summed E-state index contributed by atoms with van der Waals surface area (Å²) in [6.45, 7) is -0.0561. The van der Waals surface area contributed by atoms with Gasteiger partial charge in [0.2, 0.25) is 5.78 Å². The molecule has 1 atom stereocenters. The standard InChI is InChI=1S/C21H12N2O6/c24-19-12-6-1-2-7-13(12)20(25)18-17(19)15(16-14(22-18)9-29-21(16)26)10-4-3-5-11(8-10)23(27)28/h1-8,15,22H,9H2. The number of benzene rings is 2. The quantitative estimate of drug-likeness (QED) is 0.477. The van der Waals surface area contributed by atoms with Crippen LogP contribution in [0.15, 0.2) is 71.1 Å². The van der Waals surface area contributed by atoms with E-state index < -0.39 is 22.6 Å². The minimum atomic E-state index is -0.930. The number of non-ortho nitro benzene ring substituents is 1. The molecule has 0 fully saturated rings. The number of nitro benzene ring substituents is 1. The lowest BCUT2D eigenvalue weighted by molar-refractivity contribution is -0.384. The Bertz CT molecular complexity index is 1220. The summed E-state index contributed by atoms with van der Waals surface area (Å²) in [4.78, 5) is 49.6. The highest BCUT2D eigenvalue weighted by atomic mass is 16.6. The molecule has 0 saturated heterocycles. The van der Waals surface area contributed by atoms with Crippen molar-refractivity contribution in [2.75, 3.05) is 6.61 Å².